The molecule has 6 heteroatoms. The third kappa shape index (κ3) is 2.75. The van der Waals surface area contributed by atoms with Crippen molar-refractivity contribution in [1.29, 1.82) is 5.26 Å². The van der Waals surface area contributed by atoms with E-state index in [1.165, 1.54) is 6.07 Å². The van der Waals surface area contributed by atoms with Crippen LogP contribution in [-0.2, 0) is 19.4 Å². The van der Waals surface area contributed by atoms with Crippen molar-refractivity contribution in [2.45, 2.75) is 45.3 Å². The number of hydrogen-bond acceptors (Lipinski definition) is 4. The van der Waals surface area contributed by atoms with Gasteiger partial charge in [-0.2, -0.15) is 5.26 Å². The first kappa shape index (κ1) is 16.0. The van der Waals surface area contributed by atoms with E-state index < -0.39 is 6.10 Å². The van der Waals surface area contributed by atoms with Gasteiger partial charge in [0.2, 0.25) is 0 Å². The number of aliphatic hydroxyl groups is 1. The summed E-state index contributed by atoms with van der Waals surface area (Å²) in [6.07, 6.45) is 3.01. The zero-order valence-electron chi connectivity index (χ0n) is 12.9. The molecule has 5 nitrogen and oxygen atoms in total. The SMILES string of the molecule is CCc1nc2n(c1C(O)c1cc(Br)c(O)c(C#N)c1)CCCC2. The lowest BCUT2D eigenvalue weighted by molar-refractivity contribution is 0.206. The minimum Gasteiger partial charge on any atom is -0.505 e. The van der Waals surface area contributed by atoms with Crippen molar-refractivity contribution < 1.29 is 10.2 Å². The molecule has 2 N–H and O–H groups in total. The van der Waals surface area contributed by atoms with Crippen LogP contribution in [-0.4, -0.2) is 19.8 Å². The fourth-order valence-electron chi connectivity index (χ4n) is 3.15. The van der Waals surface area contributed by atoms with Gasteiger partial charge < -0.3 is 14.8 Å². The predicted molar refractivity (Wildman–Crippen MR) is 89.1 cm³/mol. The Kier molecular flexibility index (Phi) is 4.42. The number of aromatic hydroxyl groups is 1. The van der Waals surface area contributed by atoms with Crippen LogP contribution in [0.3, 0.4) is 0 Å². The molecule has 1 aliphatic heterocycles. The van der Waals surface area contributed by atoms with Crippen molar-refractivity contribution in [1.82, 2.24) is 9.55 Å². The van der Waals surface area contributed by atoms with Crippen molar-refractivity contribution in [3.05, 3.63) is 44.9 Å². The number of phenols is 1. The molecule has 0 radical (unpaired) electrons. The minimum atomic E-state index is -0.867. The second kappa shape index (κ2) is 6.34. The molecular weight excluding hydrogens is 358 g/mol. The van der Waals surface area contributed by atoms with Gasteiger partial charge in [0, 0.05) is 13.0 Å². The van der Waals surface area contributed by atoms with E-state index in [9.17, 15) is 10.2 Å². The first-order valence-corrected chi connectivity index (χ1v) is 8.54. The predicted octanol–water partition coefficient (Wildman–Crippen LogP) is 3.20. The number of hydrogen-bond donors (Lipinski definition) is 2. The largest absolute Gasteiger partial charge is 0.505 e. The summed E-state index contributed by atoms with van der Waals surface area (Å²) in [6.45, 7) is 2.89. The Morgan fingerprint density at radius 1 is 1.43 bits per heavy atom. The lowest BCUT2D eigenvalue weighted by atomic mass is 10.0. The molecule has 2 aromatic rings. The Labute approximate surface area is 143 Å². The number of benzene rings is 1. The molecule has 2 heterocycles. The monoisotopic (exact) mass is 375 g/mol. The highest BCUT2D eigenvalue weighted by atomic mass is 79.9. The van der Waals surface area contributed by atoms with Crippen LogP contribution in [0.2, 0.25) is 0 Å². The van der Waals surface area contributed by atoms with E-state index in [1.54, 1.807) is 6.07 Å². The summed E-state index contributed by atoms with van der Waals surface area (Å²) < 4.78 is 2.52. The van der Waals surface area contributed by atoms with Gasteiger partial charge in [0.1, 0.15) is 23.7 Å². The molecule has 3 rings (SSSR count). The molecule has 1 atom stereocenters. The first-order valence-electron chi connectivity index (χ1n) is 7.75. The molecule has 0 amide bonds. The topological polar surface area (TPSA) is 82.1 Å². The first-order chi connectivity index (χ1) is 11.1. The molecule has 0 bridgehead atoms. The van der Waals surface area contributed by atoms with Gasteiger partial charge in [-0.05, 0) is 52.9 Å². The maximum Gasteiger partial charge on any atom is 0.147 e. The zero-order chi connectivity index (χ0) is 16.6. The maximum absolute atomic E-state index is 10.9. The van der Waals surface area contributed by atoms with Gasteiger partial charge in [-0.15, -0.1) is 0 Å². The average Bonchev–Trinajstić information content (AvgIpc) is 2.95. The van der Waals surface area contributed by atoms with Crippen molar-refractivity contribution in [3.63, 3.8) is 0 Å². The summed E-state index contributed by atoms with van der Waals surface area (Å²) in [4.78, 5) is 4.68. The van der Waals surface area contributed by atoms with Gasteiger partial charge in [0.05, 0.1) is 21.4 Å². The van der Waals surface area contributed by atoms with Crippen molar-refractivity contribution in [2.75, 3.05) is 0 Å². The Hall–Kier alpha value is -1.84. The number of halogens is 1. The lowest BCUT2D eigenvalue weighted by Crippen LogP contribution is -2.16. The molecule has 0 saturated carbocycles. The second-order valence-electron chi connectivity index (χ2n) is 5.74. The second-order valence-corrected chi connectivity index (χ2v) is 6.59. The van der Waals surface area contributed by atoms with Crippen LogP contribution >= 0.6 is 15.9 Å². The Bertz CT molecular complexity index is 792. The molecule has 0 aliphatic carbocycles. The smallest absolute Gasteiger partial charge is 0.147 e. The van der Waals surface area contributed by atoms with Crippen LogP contribution in [0.5, 0.6) is 5.75 Å². The quantitative estimate of drug-likeness (QED) is 0.862. The number of rotatable bonds is 3. The molecule has 1 aromatic heterocycles. The van der Waals surface area contributed by atoms with Gasteiger partial charge in [0.25, 0.3) is 0 Å². The van der Waals surface area contributed by atoms with Crippen molar-refractivity contribution in [2.24, 2.45) is 0 Å². The Morgan fingerprint density at radius 3 is 2.91 bits per heavy atom. The van der Waals surface area contributed by atoms with E-state index in [0.29, 0.717) is 10.0 Å². The number of aromatic nitrogens is 2. The third-order valence-electron chi connectivity index (χ3n) is 4.31. The standard InChI is InChI=1S/C17H18BrN3O2/c1-2-13-15(21-6-4-3-5-14(21)20-13)17(23)10-7-11(9-19)16(22)12(18)8-10/h7-8,17,22-23H,2-6H2,1H3. The molecule has 1 aliphatic rings. The van der Waals surface area contributed by atoms with Crippen LogP contribution in [0.15, 0.2) is 16.6 Å². The lowest BCUT2D eigenvalue weighted by Gasteiger charge is -2.20. The van der Waals surface area contributed by atoms with Crippen molar-refractivity contribution in [3.8, 4) is 11.8 Å². The van der Waals surface area contributed by atoms with Crippen LogP contribution < -0.4 is 0 Å². The number of phenolic OH excluding ortho intramolecular Hbond substituents is 1. The van der Waals surface area contributed by atoms with E-state index in [2.05, 4.69) is 25.5 Å². The highest BCUT2D eigenvalue weighted by Gasteiger charge is 2.26. The third-order valence-corrected chi connectivity index (χ3v) is 4.91. The zero-order valence-corrected chi connectivity index (χ0v) is 14.5. The normalized spacial score (nSPS) is 15.0. The molecule has 1 unspecified atom stereocenters. The van der Waals surface area contributed by atoms with Crippen LogP contribution in [0, 0.1) is 11.3 Å². The minimum absolute atomic E-state index is 0.102. The van der Waals surface area contributed by atoms with Gasteiger partial charge >= 0.3 is 0 Å². The summed E-state index contributed by atoms with van der Waals surface area (Å²) >= 11 is 3.25. The molecule has 23 heavy (non-hydrogen) atoms. The summed E-state index contributed by atoms with van der Waals surface area (Å²) in [6, 6.07) is 5.14. The molecule has 0 spiro atoms. The maximum atomic E-state index is 10.9. The number of nitrogens with zero attached hydrogens (tertiary/aromatic N) is 3. The van der Waals surface area contributed by atoms with E-state index in [-0.39, 0.29) is 11.3 Å². The van der Waals surface area contributed by atoms with Crippen LogP contribution in [0.4, 0.5) is 0 Å². The average molecular weight is 376 g/mol. The fourth-order valence-corrected chi connectivity index (χ4v) is 3.63. The summed E-state index contributed by atoms with van der Waals surface area (Å²) in [5, 5.41) is 29.9. The number of imidazole rings is 1. The van der Waals surface area contributed by atoms with Crippen LogP contribution in [0.25, 0.3) is 0 Å². The highest BCUT2D eigenvalue weighted by Crippen LogP contribution is 2.35. The van der Waals surface area contributed by atoms with E-state index in [1.807, 2.05) is 13.0 Å². The number of fused-ring (bicyclic) bond motifs is 1. The van der Waals surface area contributed by atoms with Gasteiger partial charge in [-0.25, -0.2) is 4.98 Å². The molecule has 0 saturated heterocycles. The van der Waals surface area contributed by atoms with Gasteiger partial charge in [-0.1, -0.05) is 6.92 Å². The van der Waals surface area contributed by atoms with Gasteiger partial charge in [0.15, 0.2) is 0 Å². The number of nitriles is 1. The number of aryl methyl sites for hydroxylation is 2. The number of aliphatic hydroxyl groups excluding tert-OH is 1. The van der Waals surface area contributed by atoms with E-state index >= 15 is 0 Å². The van der Waals surface area contributed by atoms with Gasteiger partial charge in [-0.3, -0.25) is 0 Å². The van der Waals surface area contributed by atoms with E-state index in [0.717, 1.165) is 49.4 Å². The molecule has 120 valence electrons. The molecule has 0 fully saturated rings. The Morgan fingerprint density at radius 2 is 2.22 bits per heavy atom. The summed E-state index contributed by atoms with van der Waals surface area (Å²) in [7, 11) is 0. The van der Waals surface area contributed by atoms with Crippen molar-refractivity contribution >= 4 is 15.9 Å². The molecular formula is C17H18BrN3O2. The highest BCUT2D eigenvalue weighted by molar-refractivity contribution is 9.10. The molecule has 1 aromatic carbocycles. The fraction of sp³-hybridized carbons (Fsp3) is 0.412. The summed E-state index contributed by atoms with van der Waals surface area (Å²) in [5.74, 6) is 0.926. The van der Waals surface area contributed by atoms with E-state index in [4.69, 9.17) is 5.26 Å². The van der Waals surface area contributed by atoms with Crippen LogP contribution in [0.1, 0.15) is 54.2 Å². The Balaban J connectivity index is 2.11. The summed E-state index contributed by atoms with van der Waals surface area (Å²) in [5.41, 5.74) is 2.43.